The fourth-order valence-corrected chi connectivity index (χ4v) is 10.4. The Morgan fingerprint density at radius 2 is 1.51 bits per heavy atom. The number of methoxy groups -OCH3 is 1. The van der Waals surface area contributed by atoms with Gasteiger partial charge in [-0.2, -0.15) is 0 Å². The summed E-state index contributed by atoms with van der Waals surface area (Å²) in [5.41, 5.74) is 10.6. The summed E-state index contributed by atoms with van der Waals surface area (Å²) < 4.78 is 11.1. The number of carbonyl (C=O) groups is 4. The maximum atomic E-state index is 14.4. The number of allylic oxidation sites excluding steroid dienone is 3. The number of Topliss-reactive ketones (excluding diaryl/α,β-unsaturated/α-hetero) is 1. The first-order valence-corrected chi connectivity index (χ1v) is 24.2. The lowest BCUT2D eigenvalue weighted by atomic mass is 9.85. The molecule has 10 heteroatoms. The number of hydrogen-bond acceptors (Lipinski definition) is 7. The van der Waals surface area contributed by atoms with Crippen LogP contribution in [0.4, 0.5) is 0 Å². The highest BCUT2D eigenvalue weighted by Crippen LogP contribution is 2.48. The minimum absolute atomic E-state index is 0.134. The zero-order valence-electron chi connectivity index (χ0n) is 40.8. The number of fused-ring (bicyclic) bond motifs is 7. The average molecular weight is 887 g/mol. The van der Waals surface area contributed by atoms with Crippen LogP contribution in [0.3, 0.4) is 0 Å². The number of rotatable bonds is 21. The fourth-order valence-electron chi connectivity index (χ4n) is 10.4. The number of ether oxygens (including phenoxy) is 2. The van der Waals surface area contributed by atoms with Gasteiger partial charge >= 0.3 is 11.9 Å². The minimum Gasteiger partial charge on any atom is -0.468 e. The molecule has 3 aromatic heterocycles. The predicted octanol–water partition coefficient (Wildman–Crippen LogP) is 10.6. The molecule has 3 aromatic rings. The number of nitrogens with one attached hydrogen (secondary N) is 4. The van der Waals surface area contributed by atoms with Crippen LogP contribution in [0.2, 0.25) is 0 Å². The third-order valence-electron chi connectivity index (χ3n) is 14.4. The molecule has 2 aliphatic heterocycles. The van der Waals surface area contributed by atoms with Crippen molar-refractivity contribution >= 4 is 53.9 Å². The van der Waals surface area contributed by atoms with Crippen LogP contribution in [0, 0.1) is 49.4 Å². The molecule has 65 heavy (non-hydrogen) atoms. The number of aromatic amines is 3. The van der Waals surface area contributed by atoms with E-state index >= 15 is 0 Å². The molecule has 0 aromatic carbocycles. The molecule has 10 nitrogen and oxygen atoms in total. The van der Waals surface area contributed by atoms with Crippen LogP contribution in [-0.4, -0.2) is 52.7 Å². The SMILES string of the molecule is C=Cc1c2[nH]c(c1C)/C=C1\N/C(=C3\c4[nH]c(c(C)c4C(=O)[C@@H]3C(=O)OC)/C=c3/[nH]/c(c(C=O)c3CC)=C\2)[C@@H](CCC(=O)OC/C=C(\C)CCC[C@@H](C)CCC[C@H](C)CCCC(C)C)[C@@H]1C. The van der Waals surface area contributed by atoms with E-state index in [4.69, 9.17) is 9.47 Å². The van der Waals surface area contributed by atoms with E-state index in [-0.39, 0.29) is 36.6 Å². The third kappa shape index (κ3) is 10.8. The first-order chi connectivity index (χ1) is 31.1. The van der Waals surface area contributed by atoms with Crippen LogP contribution in [0.15, 0.2) is 29.6 Å². The number of H-pyrrole nitrogens is 3. The van der Waals surface area contributed by atoms with Gasteiger partial charge in [0.25, 0.3) is 0 Å². The molecule has 3 aliphatic rings. The molecule has 1 fully saturated rings. The number of carbonyl (C=O) groups excluding carboxylic acids is 4. The van der Waals surface area contributed by atoms with Gasteiger partial charge in [0.05, 0.1) is 18.2 Å². The molecule has 4 N–H and O–H groups in total. The predicted molar refractivity (Wildman–Crippen MR) is 262 cm³/mol. The first-order valence-electron chi connectivity index (χ1n) is 24.2. The summed E-state index contributed by atoms with van der Waals surface area (Å²) in [5, 5.41) is 5.08. The molecule has 0 saturated carbocycles. The molecule has 350 valence electrons. The Hall–Kier alpha value is -5.38. The van der Waals surface area contributed by atoms with Crippen molar-refractivity contribution in [2.24, 2.45) is 35.5 Å². The van der Waals surface area contributed by atoms with Gasteiger partial charge in [0.15, 0.2) is 12.1 Å². The standard InChI is InChI=1S/C55H74N4O6/c1-12-38-35(8)42-27-43-36(9)40(23-24-48(61)65-26-25-34(7)22-16-21-33(6)20-15-19-32(5)18-14-17-31(3)4)52(58-43)50-51(55(63)64-11)54(62)49-37(10)44(59-53(49)50)28-46-39(13-2)41(30-60)47(57-46)29-45(38)56-42/h12,25,27-33,36,40,51,56-59H,1,13-24,26H2,2-11H3/b34-25+,43-27-,46-28+,47-29-,52-50-/t32-,33+,36+,40+,51-/m1/s1. The Morgan fingerprint density at radius 1 is 0.846 bits per heavy atom. The van der Waals surface area contributed by atoms with Crippen molar-refractivity contribution < 1.29 is 28.7 Å². The zero-order chi connectivity index (χ0) is 47.1. The van der Waals surface area contributed by atoms with E-state index in [1.54, 1.807) is 0 Å². The van der Waals surface area contributed by atoms with Crippen LogP contribution >= 0.6 is 0 Å². The molecule has 5 heterocycles. The van der Waals surface area contributed by atoms with Crippen LogP contribution in [0.1, 0.15) is 185 Å². The molecule has 0 amide bonds. The van der Waals surface area contributed by atoms with E-state index in [1.165, 1.54) is 57.6 Å². The van der Waals surface area contributed by atoms with E-state index in [2.05, 4.69) is 74.5 Å². The number of esters is 2. The number of ketones is 1. The highest BCUT2D eigenvalue weighted by Gasteiger charge is 2.48. The second kappa shape index (κ2) is 21.7. The lowest BCUT2D eigenvalue weighted by Gasteiger charge is -2.19. The minimum atomic E-state index is -1.19. The summed E-state index contributed by atoms with van der Waals surface area (Å²) >= 11 is 0. The quantitative estimate of drug-likeness (QED) is 0.0361. The lowest BCUT2D eigenvalue weighted by molar-refractivity contribution is -0.143. The van der Waals surface area contributed by atoms with Crippen LogP contribution < -0.4 is 16.0 Å². The second-order valence-electron chi connectivity index (χ2n) is 19.6. The van der Waals surface area contributed by atoms with Crippen molar-refractivity contribution in [3.05, 3.63) is 96.5 Å². The molecule has 0 radical (unpaired) electrons. The van der Waals surface area contributed by atoms with Gasteiger partial charge in [-0.3, -0.25) is 19.2 Å². The van der Waals surface area contributed by atoms with Gasteiger partial charge in [0, 0.05) is 74.3 Å². The molecule has 6 rings (SSSR count). The Bertz CT molecular complexity index is 2500. The molecular formula is C55H74N4O6. The van der Waals surface area contributed by atoms with E-state index in [9.17, 15) is 19.2 Å². The van der Waals surface area contributed by atoms with Crippen molar-refractivity contribution in [1.82, 2.24) is 20.3 Å². The monoisotopic (exact) mass is 887 g/mol. The largest absolute Gasteiger partial charge is 0.468 e. The van der Waals surface area contributed by atoms with Crippen molar-refractivity contribution in [3.8, 4) is 0 Å². The second-order valence-corrected chi connectivity index (χ2v) is 19.6. The number of hydrogen-bond donors (Lipinski definition) is 4. The maximum Gasteiger partial charge on any atom is 0.321 e. The van der Waals surface area contributed by atoms with Gasteiger partial charge in [0.1, 0.15) is 12.5 Å². The summed E-state index contributed by atoms with van der Waals surface area (Å²) in [5.74, 6) is -0.546. The number of aldehydes is 1. The molecule has 0 unspecified atom stereocenters. The number of aromatic nitrogens is 3. The Labute approximate surface area is 386 Å². The summed E-state index contributed by atoms with van der Waals surface area (Å²) in [6.07, 6.45) is 23.1. The van der Waals surface area contributed by atoms with Crippen LogP contribution in [0.5, 0.6) is 0 Å². The zero-order valence-corrected chi connectivity index (χ0v) is 40.8. The summed E-state index contributed by atoms with van der Waals surface area (Å²) in [7, 11) is 1.30. The van der Waals surface area contributed by atoms with Crippen LogP contribution in [0.25, 0.3) is 29.9 Å². The fraction of sp³-hybridized carbons (Fsp3) is 0.527. The Balaban J connectivity index is 1.23. The molecule has 1 aliphatic carbocycles. The maximum absolute atomic E-state index is 14.4. The van der Waals surface area contributed by atoms with Gasteiger partial charge in [0.2, 0.25) is 0 Å². The average Bonchev–Trinajstić information content (AvgIpc) is 4.02. The lowest BCUT2D eigenvalue weighted by Crippen LogP contribution is -2.25. The van der Waals surface area contributed by atoms with Gasteiger partial charge in [-0.15, -0.1) is 0 Å². The van der Waals surface area contributed by atoms with Crippen LogP contribution in [-0.2, 0) is 25.5 Å². The Kier molecular flexibility index (Phi) is 16.4. The van der Waals surface area contributed by atoms with E-state index in [1.807, 2.05) is 45.1 Å². The molecule has 8 bridgehead atoms. The van der Waals surface area contributed by atoms with Crippen molar-refractivity contribution in [1.29, 1.82) is 0 Å². The van der Waals surface area contributed by atoms with Crippen molar-refractivity contribution in [3.63, 3.8) is 0 Å². The highest BCUT2D eigenvalue weighted by molar-refractivity contribution is 6.24. The van der Waals surface area contributed by atoms with Crippen molar-refractivity contribution in [2.75, 3.05) is 13.7 Å². The van der Waals surface area contributed by atoms with Gasteiger partial charge < -0.3 is 29.7 Å². The third-order valence-corrected chi connectivity index (χ3v) is 14.4. The van der Waals surface area contributed by atoms with Gasteiger partial charge in [-0.25, -0.2) is 0 Å². The molecule has 5 atom stereocenters. The first kappa shape index (κ1) is 49.1. The summed E-state index contributed by atoms with van der Waals surface area (Å²) in [6, 6.07) is 0. The Morgan fingerprint density at radius 3 is 2.15 bits per heavy atom. The summed E-state index contributed by atoms with van der Waals surface area (Å²) in [4.78, 5) is 64.7. The van der Waals surface area contributed by atoms with E-state index in [0.29, 0.717) is 63.5 Å². The highest BCUT2D eigenvalue weighted by atomic mass is 16.5. The topological polar surface area (TPSA) is 146 Å². The molecular weight excluding hydrogens is 813 g/mol. The van der Waals surface area contributed by atoms with Gasteiger partial charge in [-0.1, -0.05) is 105 Å². The van der Waals surface area contributed by atoms with Gasteiger partial charge in [-0.05, 0) is 105 Å². The van der Waals surface area contributed by atoms with E-state index < -0.39 is 11.9 Å². The normalized spacial score (nSPS) is 21.8. The molecule has 1 saturated heterocycles. The summed E-state index contributed by atoms with van der Waals surface area (Å²) in [6.45, 7) is 23.9. The van der Waals surface area contributed by atoms with Crippen molar-refractivity contribution in [2.45, 2.75) is 139 Å². The molecule has 0 spiro atoms. The van der Waals surface area contributed by atoms with E-state index in [0.717, 1.165) is 70.1 Å². The smallest absolute Gasteiger partial charge is 0.321 e.